The molecule has 1 aromatic carbocycles. The van der Waals surface area contributed by atoms with Crippen molar-refractivity contribution in [3.8, 4) is 0 Å². The lowest BCUT2D eigenvalue weighted by Gasteiger charge is -2.30. The van der Waals surface area contributed by atoms with Gasteiger partial charge in [-0.05, 0) is 57.0 Å². The van der Waals surface area contributed by atoms with Gasteiger partial charge in [0.25, 0.3) is 0 Å². The van der Waals surface area contributed by atoms with Crippen LogP contribution in [0.3, 0.4) is 0 Å². The molecule has 168 valence electrons. The lowest BCUT2D eigenvalue weighted by molar-refractivity contribution is -0.113. The maximum atomic E-state index is 13.1. The molecule has 0 atom stereocenters. The Balaban J connectivity index is 1.85. The Morgan fingerprint density at radius 3 is 2.55 bits per heavy atom. The van der Waals surface area contributed by atoms with Gasteiger partial charge in [0.05, 0.1) is 17.1 Å². The zero-order chi connectivity index (χ0) is 22.8. The number of halogens is 1. The quantitative estimate of drug-likeness (QED) is 0.495. The van der Waals surface area contributed by atoms with Crippen LogP contribution in [-0.2, 0) is 32.3 Å². The van der Waals surface area contributed by atoms with E-state index in [1.54, 1.807) is 6.92 Å². The first kappa shape index (κ1) is 23.4. The van der Waals surface area contributed by atoms with Crippen molar-refractivity contribution >= 4 is 38.1 Å². The van der Waals surface area contributed by atoms with Gasteiger partial charge in [0.2, 0.25) is 5.91 Å². The van der Waals surface area contributed by atoms with E-state index in [9.17, 15) is 22.4 Å². The van der Waals surface area contributed by atoms with Crippen molar-refractivity contribution in [1.29, 1.82) is 0 Å². The summed E-state index contributed by atoms with van der Waals surface area (Å²) in [5, 5.41) is 2.89. The largest absolute Gasteiger partial charge is 0.462 e. The van der Waals surface area contributed by atoms with E-state index in [-0.39, 0.29) is 11.5 Å². The van der Waals surface area contributed by atoms with E-state index in [1.165, 1.54) is 11.3 Å². The van der Waals surface area contributed by atoms with Gasteiger partial charge in [0, 0.05) is 24.0 Å². The highest BCUT2D eigenvalue weighted by Crippen LogP contribution is 2.38. The molecule has 10 heteroatoms. The molecule has 1 N–H and O–H groups in total. The van der Waals surface area contributed by atoms with Crippen molar-refractivity contribution < 1.29 is 27.1 Å². The SMILES string of the molecule is CCOC(=O)c1c(NC(=O)CS(=O)(=O)c2ccc(F)cc2)sc2c1CCN(C(C)C)C2. The Morgan fingerprint density at radius 2 is 1.94 bits per heavy atom. The van der Waals surface area contributed by atoms with E-state index < -0.39 is 33.3 Å². The minimum atomic E-state index is -3.96. The van der Waals surface area contributed by atoms with E-state index in [1.807, 2.05) is 0 Å². The molecule has 0 unspecified atom stereocenters. The molecule has 2 aromatic rings. The Morgan fingerprint density at radius 1 is 1.26 bits per heavy atom. The number of anilines is 1. The summed E-state index contributed by atoms with van der Waals surface area (Å²) in [6.45, 7) is 7.49. The molecule has 0 spiro atoms. The highest BCUT2D eigenvalue weighted by Gasteiger charge is 2.31. The molecule has 0 radical (unpaired) electrons. The number of carbonyl (C=O) groups excluding carboxylic acids is 2. The third kappa shape index (κ3) is 5.31. The summed E-state index contributed by atoms with van der Waals surface area (Å²) in [5.74, 6) is -2.69. The van der Waals surface area contributed by atoms with Crippen LogP contribution in [-0.4, -0.2) is 50.1 Å². The first-order chi connectivity index (χ1) is 14.6. The first-order valence-corrected chi connectivity index (χ1v) is 12.4. The fraction of sp³-hybridized carbons (Fsp3) is 0.429. The highest BCUT2D eigenvalue weighted by atomic mass is 32.2. The number of rotatable bonds is 7. The minimum Gasteiger partial charge on any atom is -0.462 e. The second-order valence-electron chi connectivity index (χ2n) is 7.50. The minimum absolute atomic E-state index is 0.146. The predicted molar refractivity (Wildman–Crippen MR) is 117 cm³/mol. The van der Waals surface area contributed by atoms with E-state index in [0.29, 0.717) is 29.6 Å². The molecule has 0 saturated carbocycles. The summed E-state index contributed by atoms with van der Waals surface area (Å²) in [5.41, 5.74) is 1.15. The van der Waals surface area contributed by atoms with E-state index >= 15 is 0 Å². The summed E-state index contributed by atoms with van der Waals surface area (Å²) in [6.07, 6.45) is 0.641. The molecule has 3 rings (SSSR count). The van der Waals surface area contributed by atoms with Crippen molar-refractivity contribution in [2.24, 2.45) is 0 Å². The highest BCUT2D eigenvalue weighted by molar-refractivity contribution is 7.92. The Labute approximate surface area is 185 Å². The lowest BCUT2D eigenvalue weighted by atomic mass is 10.0. The number of amides is 1. The topological polar surface area (TPSA) is 92.8 Å². The van der Waals surface area contributed by atoms with Gasteiger partial charge in [-0.2, -0.15) is 0 Å². The number of nitrogens with one attached hydrogen (secondary N) is 1. The molecule has 0 aliphatic carbocycles. The number of benzene rings is 1. The fourth-order valence-corrected chi connectivity index (χ4v) is 5.84. The second kappa shape index (κ2) is 9.46. The van der Waals surface area contributed by atoms with Crippen LogP contribution in [0.1, 0.15) is 41.6 Å². The summed E-state index contributed by atoms with van der Waals surface area (Å²) in [4.78, 5) is 28.2. The summed E-state index contributed by atoms with van der Waals surface area (Å²) >= 11 is 1.27. The monoisotopic (exact) mass is 468 g/mol. The molecule has 1 amide bonds. The molecule has 0 bridgehead atoms. The lowest BCUT2D eigenvalue weighted by Crippen LogP contribution is -2.35. The Kier molecular flexibility index (Phi) is 7.13. The number of carbonyl (C=O) groups is 2. The number of hydrogen-bond acceptors (Lipinski definition) is 7. The predicted octanol–water partition coefficient (Wildman–Crippen LogP) is 3.24. The maximum Gasteiger partial charge on any atom is 0.341 e. The molecular weight excluding hydrogens is 443 g/mol. The number of fused-ring (bicyclic) bond motifs is 1. The molecule has 1 aliphatic heterocycles. The first-order valence-electron chi connectivity index (χ1n) is 9.96. The van der Waals surface area contributed by atoms with Crippen LogP contribution < -0.4 is 5.32 Å². The van der Waals surface area contributed by atoms with E-state index in [0.717, 1.165) is 41.3 Å². The van der Waals surface area contributed by atoms with Crippen molar-refractivity contribution in [1.82, 2.24) is 4.90 Å². The molecule has 1 aliphatic rings. The van der Waals surface area contributed by atoms with Crippen LogP contribution in [0.2, 0.25) is 0 Å². The normalized spacial score (nSPS) is 14.4. The number of hydrogen-bond donors (Lipinski definition) is 1. The molecule has 0 saturated heterocycles. The second-order valence-corrected chi connectivity index (χ2v) is 10.6. The van der Waals surface area contributed by atoms with Crippen LogP contribution in [0, 0.1) is 5.82 Å². The number of esters is 1. The summed E-state index contributed by atoms with van der Waals surface area (Å²) in [7, 11) is -3.96. The fourth-order valence-electron chi connectivity index (χ4n) is 3.43. The van der Waals surface area contributed by atoms with Crippen LogP contribution in [0.25, 0.3) is 0 Å². The van der Waals surface area contributed by atoms with Gasteiger partial charge in [0.1, 0.15) is 16.6 Å². The molecule has 7 nitrogen and oxygen atoms in total. The van der Waals surface area contributed by atoms with Crippen LogP contribution in [0.4, 0.5) is 9.39 Å². The zero-order valence-electron chi connectivity index (χ0n) is 17.6. The van der Waals surface area contributed by atoms with Gasteiger partial charge < -0.3 is 10.1 Å². The van der Waals surface area contributed by atoms with Crippen LogP contribution in [0.15, 0.2) is 29.2 Å². The number of thiophene rings is 1. The third-order valence-electron chi connectivity index (χ3n) is 5.04. The van der Waals surface area contributed by atoms with Gasteiger partial charge in [-0.1, -0.05) is 0 Å². The van der Waals surface area contributed by atoms with Gasteiger partial charge in [-0.3, -0.25) is 9.69 Å². The van der Waals surface area contributed by atoms with Crippen LogP contribution >= 0.6 is 11.3 Å². The molecule has 2 heterocycles. The molecule has 0 fully saturated rings. The maximum absolute atomic E-state index is 13.1. The van der Waals surface area contributed by atoms with E-state index in [2.05, 4.69) is 24.1 Å². The van der Waals surface area contributed by atoms with Gasteiger partial charge >= 0.3 is 5.97 Å². The average Bonchev–Trinajstić information content (AvgIpc) is 3.04. The smallest absolute Gasteiger partial charge is 0.341 e. The molecule has 1 aromatic heterocycles. The Hall–Kier alpha value is -2.30. The van der Waals surface area contributed by atoms with Gasteiger partial charge in [-0.15, -0.1) is 11.3 Å². The number of nitrogens with zero attached hydrogens (tertiary/aromatic N) is 1. The molecule has 31 heavy (non-hydrogen) atoms. The van der Waals surface area contributed by atoms with Crippen molar-refractivity contribution in [3.63, 3.8) is 0 Å². The summed E-state index contributed by atoms with van der Waals surface area (Å²) in [6, 6.07) is 4.62. The standard InChI is InChI=1S/C21H25FN2O5S2/c1-4-29-21(26)19-16-9-10-24(13(2)3)11-17(16)30-20(19)23-18(25)12-31(27,28)15-7-5-14(22)6-8-15/h5-8,13H,4,9-12H2,1-3H3,(H,23,25). The Bertz CT molecular complexity index is 1080. The van der Waals surface area contributed by atoms with Crippen molar-refractivity contribution in [3.05, 3.63) is 46.1 Å². The van der Waals surface area contributed by atoms with Crippen molar-refractivity contribution in [2.45, 2.75) is 44.7 Å². The van der Waals surface area contributed by atoms with Gasteiger partial charge in [0.15, 0.2) is 9.84 Å². The van der Waals surface area contributed by atoms with Gasteiger partial charge in [-0.25, -0.2) is 17.6 Å². The van der Waals surface area contributed by atoms with Crippen LogP contribution in [0.5, 0.6) is 0 Å². The van der Waals surface area contributed by atoms with Crippen molar-refractivity contribution in [2.75, 3.05) is 24.2 Å². The van der Waals surface area contributed by atoms with E-state index in [4.69, 9.17) is 4.74 Å². The zero-order valence-corrected chi connectivity index (χ0v) is 19.2. The number of sulfone groups is 1. The molecular formula is C21H25FN2O5S2. The average molecular weight is 469 g/mol. The summed E-state index contributed by atoms with van der Waals surface area (Å²) < 4.78 is 43.3. The number of ether oxygens (including phenoxy) is 1. The third-order valence-corrected chi connectivity index (χ3v) is 7.81.